The second-order valence-corrected chi connectivity index (χ2v) is 8.69. The zero-order chi connectivity index (χ0) is 20.7. The SMILES string of the molecule is CCCC(C)CC(C)COC(=O)CCCC(=O)OCC(C)CC(C)CCC. The summed E-state index contributed by atoms with van der Waals surface area (Å²) in [5, 5.41) is 0. The molecular formula is C23H44O4. The van der Waals surface area contributed by atoms with Crippen LogP contribution in [0.3, 0.4) is 0 Å². The first-order chi connectivity index (χ1) is 12.8. The predicted molar refractivity (Wildman–Crippen MR) is 111 cm³/mol. The van der Waals surface area contributed by atoms with Crippen LogP contribution in [0.5, 0.6) is 0 Å². The number of esters is 2. The van der Waals surface area contributed by atoms with Crippen LogP contribution in [0.4, 0.5) is 0 Å². The Hall–Kier alpha value is -1.06. The standard InChI is InChI=1S/C23H44O4/c1-7-10-18(3)14-20(5)16-26-22(24)12-9-13-23(25)27-17-21(6)15-19(4)11-8-2/h18-21H,7-17H2,1-6H3. The first-order valence-corrected chi connectivity index (χ1v) is 11.1. The topological polar surface area (TPSA) is 52.6 Å². The van der Waals surface area contributed by atoms with E-state index in [4.69, 9.17) is 9.47 Å². The lowest BCUT2D eigenvalue weighted by Crippen LogP contribution is -2.16. The van der Waals surface area contributed by atoms with Crippen molar-refractivity contribution >= 4 is 11.9 Å². The van der Waals surface area contributed by atoms with E-state index >= 15 is 0 Å². The van der Waals surface area contributed by atoms with Gasteiger partial charge < -0.3 is 9.47 Å². The molecule has 0 aliphatic carbocycles. The number of ether oxygens (including phenoxy) is 2. The summed E-state index contributed by atoms with van der Waals surface area (Å²) in [7, 11) is 0. The summed E-state index contributed by atoms with van der Waals surface area (Å²) >= 11 is 0. The molecule has 0 rings (SSSR count). The minimum Gasteiger partial charge on any atom is -0.465 e. The van der Waals surface area contributed by atoms with Crippen LogP contribution in [0, 0.1) is 23.7 Å². The van der Waals surface area contributed by atoms with Crippen LogP contribution in [0.25, 0.3) is 0 Å². The van der Waals surface area contributed by atoms with Crippen LogP contribution in [0.15, 0.2) is 0 Å². The smallest absolute Gasteiger partial charge is 0.305 e. The third-order valence-electron chi connectivity index (χ3n) is 4.99. The molecule has 4 heteroatoms. The Morgan fingerprint density at radius 3 is 1.37 bits per heavy atom. The molecule has 0 saturated carbocycles. The van der Waals surface area contributed by atoms with Crippen LogP contribution in [-0.2, 0) is 19.1 Å². The highest BCUT2D eigenvalue weighted by molar-refractivity contribution is 5.72. The lowest BCUT2D eigenvalue weighted by Gasteiger charge is -2.17. The summed E-state index contributed by atoms with van der Waals surface area (Å²) in [5.74, 6) is 1.70. The summed E-state index contributed by atoms with van der Waals surface area (Å²) < 4.78 is 10.7. The van der Waals surface area contributed by atoms with E-state index in [1.165, 1.54) is 25.7 Å². The number of hydrogen-bond acceptors (Lipinski definition) is 4. The highest BCUT2D eigenvalue weighted by atomic mass is 16.5. The van der Waals surface area contributed by atoms with Gasteiger partial charge in [0.15, 0.2) is 0 Å². The Labute approximate surface area is 167 Å². The average Bonchev–Trinajstić information content (AvgIpc) is 2.58. The molecule has 4 unspecified atom stereocenters. The van der Waals surface area contributed by atoms with Crippen molar-refractivity contribution in [2.24, 2.45) is 23.7 Å². The second-order valence-electron chi connectivity index (χ2n) is 8.69. The molecule has 0 fully saturated rings. The van der Waals surface area contributed by atoms with Crippen molar-refractivity contribution in [3.8, 4) is 0 Å². The van der Waals surface area contributed by atoms with Crippen molar-refractivity contribution in [3.05, 3.63) is 0 Å². The van der Waals surface area contributed by atoms with Gasteiger partial charge in [-0.15, -0.1) is 0 Å². The maximum absolute atomic E-state index is 11.8. The Balaban J connectivity index is 3.77. The van der Waals surface area contributed by atoms with E-state index in [-0.39, 0.29) is 24.8 Å². The largest absolute Gasteiger partial charge is 0.465 e. The minimum absolute atomic E-state index is 0.209. The third kappa shape index (κ3) is 15.7. The van der Waals surface area contributed by atoms with Gasteiger partial charge in [-0.05, 0) is 42.9 Å². The molecule has 0 N–H and O–H groups in total. The fraction of sp³-hybridized carbons (Fsp3) is 0.913. The van der Waals surface area contributed by atoms with Crippen molar-refractivity contribution < 1.29 is 19.1 Å². The number of hydrogen-bond donors (Lipinski definition) is 0. The molecule has 27 heavy (non-hydrogen) atoms. The Morgan fingerprint density at radius 1 is 0.667 bits per heavy atom. The molecule has 0 aliphatic heterocycles. The molecule has 0 spiro atoms. The van der Waals surface area contributed by atoms with E-state index in [1.54, 1.807) is 0 Å². The molecule has 0 aliphatic rings. The summed E-state index contributed by atoms with van der Waals surface area (Å²) in [6.45, 7) is 14.1. The van der Waals surface area contributed by atoms with Gasteiger partial charge in [0.2, 0.25) is 0 Å². The van der Waals surface area contributed by atoms with Crippen molar-refractivity contribution in [2.45, 2.75) is 99.3 Å². The molecule has 0 bridgehead atoms. The molecule has 4 atom stereocenters. The summed E-state index contributed by atoms with van der Waals surface area (Å²) in [6.07, 6.45) is 8.07. The van der Waals surface area contributed by atoms with Gasteiger partial charge in [-0.2, -0.15) is 0 Å². The monoisotopic (exact) mass is 384 g/mol. The van der Waals surface area contributed by atoms with Crippen molar-refractivity contribution in [3.63, 3.8) is 0 Å². The van der Waals surface area contributed by atoms with E-state index in [1.807, 2.05) is 0 Å². The van der Waals surface area contributed by atoms with E-state index in [0.717, 1.165) is 12.8 Å². The molecular weight excluding hydrogens is 340 g/mol. The summed E-state index contributed by atoms with van der Waals surface area (Å²) in [6, 6.07) is 0. The van der Waals surface area contributed by atoms with Crippen LogP contribution in [-0.4, -0.2) is 25.2 Å². The highest BCUT2D eigenvalue weighted by Crippen LogP contribution is 2.18. The molecule has 0 radical (unpaired) electrons. The maximum atomic E-state index is 11.8. The normalized spacial score (nSPS) is 15.6. The quantitative estimate of drug-likeness (QED) is 0.299. The molecule has 0 aromatic heterocycles. The van der Waals surface area contributed by atoms with Crippen molar-refractivity contribution in [1.29, 1.82) is 0 Å². The molecule has 0 amide bonds. The molecule has 0 saturated heterocycles. The van der Waals surface area contributed by atoms with Crippen LogP contribution in [0.2, 0.25) is 0 Å². The lowest BCUT2D eigenvalue weighted by molar-refractivity contribution is -0.146. The van der Waals surface area contributed by atoms with Gasteiger partial charge in [0, 0.05) is 12.8 Å². The number of carbonyl (C=O) groups excluding carboxylic acids is 2. The molecule has 0 heterocycles. The van der Waals surface area contributed by atoms with E-state index in [9.17, 15) is 9.59 Å². The van der Waals surface area contributed by atoms with Crippen molar-refractivity contribution in [2.75, 3.05) is 13.2 Å². The van der Waals surface area contributed by atoms with Gasteiger partial charge >= 0.3 is 11.9 Å². The second kappa shape index (κ2) is 15.9. The van der Waals surface area contributed by atoms with Crippen LogP contribution < -0.4 is 0 Å². The highest BCUT2D eigenvalue weighted by Gasteiger charge is 2.13. The number of rotatable bonds is 16. The summed E-state index contributed by atoms with van der Waals surface area (Å²) in [5.41, 5.74) is 0. The first-order valence-electron chi connectivity index (χ1n) is 11.1. The lowest BCUT2D eigenvalue weighted by atomic mass is 9.94. The fourth-order valence-corrected chi connectivity index (χ4v) is 3.72. The molecule has 4 nitrogen and oxygen atoms in total. The van der Waals surface area contributed by atoms with Crippen LogP contribution in [0.1, 0.15) is 99.3 Å². The zero-order valence-corrected chi connectivity index (χ0v) is 18.7. The van der Waals surface area contributed by atoms with E-state index < -0.39 is 0 Å². The average molecular weight is 385 g/mol. The third-order valence-corrected chi connectivity index (χ3v) is 4.99. The molecule has 0 aromatic rings. The van der Waals surface area contributed by atoms with Gasteiger partial charge in [-0.1, -0.05) is 67.2 Å². The Kier molecular flexibility index (Phi) is 15.3. The minimum atomic E-state index is -0.209. The van der Waals surface area contributed by atoms with Gasteiger partial charge in [-0.25, -0.2) is 0 Å². The fourth-order valence-electron chi connectivity index (χ4n) is 3.72. The van der Waals surface area contributed by atoms with Crippen molar-refractivity contribution in [1.82, 2.24) is 0 Å². The maximum Gasteiger partial charge on any atom is 0.305 e. The number of carbonyl (C=O) groups is 2. The van der Waals surface area contributed by atoms with E-state index in [2.05, 4.69) is 41.5 Å². The molecule has 160 valence electrons. The first kappa shape index (κ1) is 25.9. The van der Waals surface area contributed by atoms with Gasteiger partial charge in [0.1, 0.15) is 0 Å². The zero-order valence-electron chi connectivity index (χ0n) is 18.7. The predicted octanol–water partition coefficient (Wildman–Crippen LogP) is 6.17. The van der Waals surface area contributed by atoms with Gasteiger partial charge in [0.05, 0.1) is 13.2 Å². The van der Waals surface area contributed by atoms with Crippen LogP contribution >= 0.6 is 0 Å². The van der Waals surface area contributed by atoms with E-state index in [0.29, 0.717) is 43.3 Å². The van der Waals surface area contributed by atoms with Gasteiger partial charge in [0.25, 0.3) is 0 Å². The summed E-state index contributed by atoms with van der Waals surface area (Å²) in [4.78, 5) is 23.6. The Bertz CT molecular complexity index is 358. The Morgan fingerprint density at radius 2 is 1.04 bits per heavy atom. The molecule has 0 aromatic carbocycles. The van der Waals surface area contributed by atoms with Gasteiger partial charge in [-0.3, -0.25) is 9.59 Å².